The van der Waals surface area contributed by atoms with E-state index in [1.54, 1.807) is 28.0 Å². The van der Waals surface area contributed by atoms with Crippen molar-refractivity contribution in [1.29, 1.82) is 0 Å². The fourth-order valence-electron chi connectivity index (χ4n) is 1.95. The largest absolute Gasteiger partial charge is 0.389 e. The minimum absolute atomic E-state index is 0.0105. The highest BCUT2D eigenvalue weighted by Crippen LogP contribution is 2.21. The van der Waals surface area contributed by atoms with Gasteiger partial charge in [0.15, 0.2) is 0 Å². The predicted octanol–water partition coefficient (Wildman–Crippen LogP) is 0.256. The fourth-order valence-corrected chi connectivity index (χ4v) is 2.11. The zero-order valence-corrected chi connectivity index (χ0v) is 9.55. The third kappa shape index (κ3) is 2.20. The Balaban J connectivity index is 2.02. The molecule has 2 heterocycles. The second kappa shape index (κ2) is 4.84. The zero-order chi connectivity index (χ0) is 11.5. The highest BCUT2D eigenvalue weighted by Gasteiger charge is 2.34. The molecule has 0 bridgehead atoms. The Morgan fingerprint density at radius 3 is 3.00 bits per heavy atom. The van der Waals surface area contributed by atoms with Gasteiger partial charge in [-0.1, -0.05) is 0 Å². The van der Waals surface area contributed by atoms with Crippen LogP contribution >= 0.6 is 11.6 Å². The highest BCUT2D eigenvalue weighted by molar-refractivity contribution is 6.18. The summed E-state index contributed by atoms with van der Waals surface area (Å²) in [6, 6.07) is 1.66. The summed E-state index contributed by atoms with van der Waals surface area (Å²) in [7, 11) is 0. The highest BCUT2D eigenvalue weighted by atomic mass is 35.5. The van der Waals surface area contributed by atoms with Gasteiger partial charge < -0.3 is 10.0 Å². The average Bonchev–Trinajstić information content (AvgIpc) is 2.86. The number of halogens is 1. The summed E-state index contributed by atoms with van der Waals surface area (Å²) in [4.78, 5) is 13.2. The van der Waals surface area contributed by atoms with E-state index < -0.39 is 6.10 Å². The van der Waals surface area contributed by atoms with Gasteiger partial charge in [0.25, 0.3) is 0 Å². The smallest absolute Gasteiger partial charge is 0.223 e. The molecule has 2 rings (SSSR count). The first-order chi connectivity index (χ1) is 7.72. The molecule has 0 spiro atoms. The molecule has 0 aromatic carbocycles. The maximum absolute atomic E-state index is 11.6. The summed E-state index contributed by atoms with van der Waals surface area (Å²) in [6.07, 6.45) is 3.22. The Morgan fingerprint density at radius 2 is 2.38 bits per heavy atom. The third-order valence-corrected chi connectivity index (χ3v) is 2.97. The molecule has 1 aromatic rings. The van der Waals surface area contributed by atoms with E-state index in [9.17, 15) is 9.90 Å². The van der Waals surface area contributed by atoms with Gasteiger partial charge >= 0.3 is 0 Å². The number of alkyl halides is 1. The molecule has 1 aromatic heterocycles. The van der Waals surface area contributed by atoms with Crippen molar-refractivity contribution >= 4 is 17.5 Å². The Kier molecular flexibility index (Phi) is 3.46. The van der Waals surface area contributed by atoms with Crippen LogP contribution in [0.25, 0.3) is 0 Å². The van der Waals surface area contributed by atoms with E-state index in [0.717, 1.165) is 0 Å². The van der Waals surface area contributed by atoms with Gasteiger partial charge in [-0.3, -0.25) is 9.48 Å². The van der Waals surface area contributed by atoms with Crippen LogP contribution < -0.4 is 0 Å². The number of aliphatic hydroxyl groups is 1. The number of hydrogen-bond donors (Lipinski definition) is 1. The van der Waals surface area contributed by atoms with Crippen molar-refractivity contribution in [3.8, 4) is 0 Å². The number of carbonyl (C=O) groups excluding carboxylic acids is 1. The third-order valence-electron chi connectivity index (χ3n) is 2.78. The molecule has 88 valence electrons. The second-order valence-corrected chi connectivity index (χ2v) is 4.24. The molecule has 1 aliphatic rings. The van der Waals surface area contributed by atoms with Gasteiger partial charge in [-0.05, 0) is 6.07 Å². The molecule has 2 atom stereocenters. The number of hydrogen-bond acceptors (Lipinski definition) is 3. The Morgan fingerprint density at radius 1 is 1.56 bits per heavy atom. The number of carbonyl (C=O) groups is 1. The molecule has 0 unspecified atom stereocenters. The summed E-state index contributed by atoms with van der Waals surface area (Å²) >= 11 is 5.52. The van der Waals surface area contributed by atoms with Crippen molar-refractivity contribution < 1.29 is 9.90 Å². The molecule has 6 heteroatoms. The normalized spacial score (nSPS) is 25.0. The maximum atomic E-state index is 11.6. The molecule has 1 N–H and O–H groups in total. The molecule has 1 amide bonds. The second-order valence-electron chi connectivity index (χ2n) is 3.86. The molecular weight excluding hydrogens is 230 g/mol. The van der Waals surface area contributed by atoms with Crippen molar-refractivity contribution in [1.82, 2.24) is 14.7 Å². The number of amides is 1. The van der Waals surface area contributed by atoms with Gasteiger partial charge in [-0.2, -0.15) is 5.10 Å². The molecule has 1 saturated heterocycles. The molecule has 0 aliphatic carbocycles. The first-order valence-electron chi connectivity index (χ1n) is 5.23. The summed E-state index contributed by atoms with van der Waals surface area (Å²) in [5, 5.41) is 13.9. The van der Waals surface area contributed by atoms with Crippen LogP contribution in [0.4, 0.5) is 0 Å². The monoisotopic (exact) mass is 243 g/mol. The maximum Gasteiger partial charge on any atom is 0.223 e. The molecule has 0 radical (unpaired) electrons. The fraction of sp³-hybridized carbons (Fsp3) is 0.600. The van der Waals surface area contributed by atoms with Gasteiger partial charge in [-0.25, -0.2) is 0 Å². The number of nitrogens with zero attached hydrogens (tertiary/aromatic N) is 3. The number of β-amino-alcohol motifs (C(OH)–C–C–N with tert-alkyl or cyclic N) is 1. The Bertz CT molecular complexity index is 355. The van der Waals surface area contributed by atoms with Crippen molar-refractivity contribution in [3.63, 3.8) is 0 Å². The van der Waals surface area contributed by atoms with Crippen molar-refractivity contribution in [2.75, 3.05) is 19.0 Å². The lowest BCUT2D eigenvalue weighted by atomic mass is 10.2. The van der Waals surface area contributed by atoms with E-state index in [-0.39, 0.29) is 11.9 Å². The number of rotatable bonds is 3. The lowest BCUT2D eigenvalue weighted by Gasteiger charge is -2.15. The first-order valence-corrected chi connectivity index (χ1v) is 5.76. The van der Waals surface area contributed by atoms with Crippen molar-refractivity contribution in [3.05, 3.63) is 18.5 Å². The summed E-state index contributed by atoms with van der Waals surface area (Å²) in [6.45, 7) is 0.860. The van der Waals surface area contributed by atoms with E-state index in [1.807, 2.05) is 0 Å². The van der Waals surface area contributed by atoms with Crippen LogP contribution in [0.5, 0.6) is 0 Å². The summed E-state index contributed by atoms with van der Waals surface area (Å²) in [5.74, 6) is 0.307. The lowest BCUT2D eigenvalue weighted by Crippen LogP contribution is -2.29. The molecule has 1 fully saturated rings. The number of likely N-dealkylation sites (tertiary alicyclic amines) is 1. The van der Waals surface area contributed by atoms with Gasteiger partial charge in [0.1, 0.15) is 0 Å². The van der Waals surface area contributed by atoms with E-state index in [1.165, 1.54) is 0 Å². The SMILES string of the molecule is O=C(CCCl)N1C[C@@H](O)[C@@H](n2cccn2)C1. The van der Waals surface area contributed by atoms with Crippen molar-refractivity contribution in [2.45, 2.75) is 18.6 Å². The average molecular weight is 244 g/mol. The Hall–Kier alpha value is -1.07. The van der Waals surface area contributed by atoms with E-state index in [4.69, 9.17) is 11.6 Å². The minimum Gasteiger partial charge on any atom is -0.389 e. The van der Waals surface area contributed by atoms with Crippen LogP contribution in [0.3, 0.4) is 0 Å². The molecule has 0 saturated carbocycles. The quantitative estimate of drug-likeness (QED) is 0.775. The first kappa shape index (κ1) is 11.4. The van der Waals surface area contributed by atoms with Gasteiger partial charge in [0, 0.05) is 37.8 Å². The van der Waals surface area contributed by atoms with Crippen molar-refractivity contribution in [2.24, 2.45) is 0 Å². The standard InChI is InChI=1S/C10H14ClN3O2/c11-3-2-10(16)13-6-8(9(15)7-13)14-5-1-4-12-14/h1,4-5,8-9,15H,2-3,6-7H2/t8-,9+/m0/s1. The van der Waals surface area contributed by atoms with Crippen LogP contribution in [0, 0.1) is 0 Å². The number of aliphatic hydroxyl groups excluding tert-OH is 1. The molecule has 1 aliphatic heterocycles. The minimum atomic E-state index is -0.556. The van der Waals surface area contributed by atoms with Crippen LogP contribution in [0.2, 0.25) is 0 Å². The van der Waals surface area contributed by atoms with Gasteiger partial charge in [0.05, 0.1) is 12.1 Å². The van der Waals surface area contributed by atoms with E-state index in [0.29, 0.717) is 25.4 Å². The van der Waals surface area contributed by atoms with Crippen LogP contribution in [0.15, 0.2) is 18.5 Å². The van der Waals surface area contributed by atoms with Gasteiger partial charge in [-0.15, -0.1) is 11.6 Å². The van der Waals surface area contributed by atoms with Gasteiger partial charge in [0.2, 0.25) is 5.91 Å². The molecule has 5 nitrogen and oxygen atoms in total. The lowest BCUT2D eigenvalue weighted by molar-refractivity contribution is -0.130. The predicted molar refractivity (Wildman–Crippen MR) is 59.2 cm³/mol. The Labute approximate surface area is 98.6 Å². The molecule has 16 heavy (non-hydrogen) atoms. The summed E-state index contributed by atoms with van der Waals surface area (Å²) < 4.78 is 1.69. The summed E-state index contributed by atoms with van der Waals surface area (Å²) in [5.41, 5.74) is 0. The van der Waals surface area contributed by atoms with Crippen LogP contribution in [0.1, 0.15) is 12.5 Å². The van der Waals surface area contributed by atoms with E-state index in [2.05, 4.69) is 5.10 Å². The zero-order valence-electron chi connectivity index (χ0n) is 8.79. The molecular formula is C10H14ClN3O2. The van der Waals surface area contributed by atoms with Crippen LogP contribution in [-0.2, 0) is 4.79 Å². The van der Waals surface area contributed by atoms with E-state index >= 15 is 0 Å². The topological polar surface area (TPSA) is 58.4 Å². The van der Waals surface area contributed by atoms with Crippen LogP contribution in [-0.4, -0.2) is 50.8 Å². The number of aromatic nitrogens is 2.